The number of hydrogen-bond donors (Lipinski definition) is 0. The monoisotopic (exact) mass is 370 g/mol. The van der Waals surface area contributed by atoms with Crippen molar-refractivity contribution in [2.75, 3.05) is 7.05 Å². The molecule has 0 saturated carbocycles. The van der Waals surface area contributed by atoms with Crippen LogP contribution in [-0.2, 0) is 5.54 Å². The normalized spacial score (nSPS) is 24.0. The quantitative estimate of drug-likeness (QED) is 0.532. The molecule has 0 amide bonds. The lowest BCUT2D eigenvalue weighted by Crippen LogP contribution is -2.45. The third-order valence-corrected chi connectivity index (χ3v) is 6.00. The number of allylic oxidation sites excluding steroid dienone is 5. The van der Waals surface area contributed by atoms with Gasteiger partial charge in [0.05, 0.1) is 11.3 Å². The molecule has 1 aliphatic carbocycles. The number of nitrogens with zero attached hydrogens (tertiary/aromatic N) is 2. The highest BCUT2D eigenvalue weighted by Gasteiger charge is 2.48. The Bertz CT molecular complexity index is 821. The topological polar surface area (TPSA) is 15.6 Å². The van der Waals surface area contributed by atoms with E-state index >= 15 is 0 Å². The van der Waals surface area contributed by atoms with Crippen LogP contribution in [0.1, 0.15) is 50.2 Å². The summed E-state index contributed by atoms with van der Waals surface area (Å²) in [6.45, 7) is 8.21. The van der Waals surface area contributed by atoms with Crippen molar-refractivity contribution in [2.24, 2.45) is 11.0 Å². The summed E-state index contributed by atoms with van der Waals surface area (Å²) in [5.41, 5.74) is 2.95. The molecule has 1 heterocycles. The van der Waals surface area contributed by atoms with Crippen LogP contribution in [0.5, 0.6) is 0 Å². The minimum absolute atomic E-state index is 0.113. The second-order valence-electron chi connectivity index (χ2n) is 7.53. The predicted octanol–water partition coefficient (Wildman–Crippen LogP) is 6.35. The maximum atomic E-state index is 14.5. The molecule has 0 spiro atoms. The fourth-order valence-electron chi connectivity index (χ4n) is 4.59. The summed E-state index contributed by atoms with van der Waals surface area (Å²) in [5, 5.41) is 6.70. The number of aryl methyl sites for hydroxylation is 1. The van der Waals surface area contributed by atoms with Gasteiger partial charge in [-0.05, 0) is 36.5 Å². The molecule has 0 aromatic heterocycles. The first-order valence-electron chi connectivity index (χ1n) is 9.67. The van der Waals surface area contributed by atoms with E-state index in [0.29, 0.717) is 17.7 Å². The third kappa shape index (κ3) is 3.38. The Hall–Kier alpha value is -2.23. The lowest BCUT2D eigenvalue weighted by atomic mass is 9.70. The molecule has 2 nitrogen and oxygen atoms in total. The first-order valence-corrected chi connectivity index (χ1v) is 9.67. The van der Waals surface area contributed by atoms with Gasteiger partial charge >= 0.3 is 0 Å². The van der Waals surface area contributed by atoms with Crippen LogP contribution < -0.4 is 0 Å². The Morgan fingerprint density at radius 2 is 2.04 bits per heavy atom. The molecule has 0 saturated heterocycles. The van der Waals surface area contributed by atoms with Crippen LogP contribution in [0, 0.1) is 12.8 Å². The van der Waals surface area contributed by atoms with Crippen LogP contribution in [0.3, 0.4) is 0 Å². The number of halogens is 2. The fourth-order valence-corrected chi connectivity index (χ4v) is 4.59. The van der Waals surface area contributed by atoms with Crippen molar-refractivity contribution in [3.05, 3.63) is 71.4 Å². The molecule has 1 aromatic rings. The summed E-state index contributed by atoms with van der Waals surface area (Å²) in [5.74, 6) is -0.271. The first-order chi connectivity index (χ1) is 12.9. The van der Waals surface area contributed by atoms with Crippen molar-refractivity contribution in [1.82, 2.24) is 5.01 Å². The van der Waals surface area contributed by atoms with E-state index in [2.05, 4.69) is 32.6 Å². The molecule has 1 aromatic carbocycles. The van der Waals surface area contributed by atoms with E-state index in [1.54, 1.807) is 0 Å². The van der Waals surface area contributed by atoms with Gasteiger partial charge in [-0.2, -0.15) is 5.10 Å². The minimum atomic E-state index is -0.390. The predicted molar refractivity (Wildman–Crippen MR) is 108 cm³/mol. The smallest absolute Gasteiger partial charge is 0.110 e. The van der Waals surface area contributed by atoms with Crippen molar-refractivity contribution in [2.45, 2.75) is 51.5 Å². The summed E-state index contributed by atoms with van der Waals surface area (Å²) in [4.78, 5) is 0. The van der Waals surface area contributed by atoms with Gasteiger partial charge in [0.25, 0.3) is 0 Å². The Labute approximate surface area is 161 Å². The van der Waals surface area contributed by atoms with E-state index < -0.39 is 5.54 Å². The van der Waals surface area contributed by atoms with Crippen LogP contribution >= 0.6 is 0 Å². The molecular formula is C23H28F2N2. The number of benzene rings is 1. The lowest BCUT2D eigenvalue weighted by Gasteiger charge is -2.43. The molecule has 27 heavy (non-hydrogen) atoms. The minimum Gasteiger partial charge on any atom is -0.289 e. The highest BCUT2D eigenvalue weighted by molar-refractivity contribution is 6.04. The molecule has 2 atom stereocenters. The first kappa shape index (κ1) is 19.5. The maximum Gasteiger partial charge on any atom is 0.110 e. The van der Waals surface area contributed by atoms with Gasteiger partial charge < -0.3 is 0 Å². The van der Waals surface area contributed by atoms with E-state index in [4.69, 9.17) is 5.10 Å². The van der Waals surface area contributed by atoms with Crippen molar-refractivity contribution in [3.63, 3.8) is 0 Å². The van der Waals surface area contributed by atoms with Gasteiger partial charge in [0.15, 0.2) is 0 Å². The molecule has 0 fully saturated rings. The average molecular weight is 370 g/mol. The summed E-state index contributed by atoms with van der Waals surface area (Å²) >= 11 is 0. The van der Waals surface area contributed by atoms with Crippen molar-refractivity contribution in [3.8, 4) is 0 Å². The van der Waals surface area contributed by atoms with E-state index in [9.17, 15) is 8.78 Å². The highest BCUT2D eigenvalue weighted by Crippen LogP contribution is 2.48. The summed E-state index contributed by atoms with van der Waals surface area (Å²) in [6, 6.07) is 8.30. The van der Waals surface area contributed by atoms with Gasteiger partial charge in [-0.1, -0.05) is 43.7 Å². The SMILES string of the molecule is C=CCC(CC)C1(c2ccccc2C)CC(C2=C(F)CCC(F)=C2)=NN1C. The Balaban J connectivity index is 2.11. The van der Waals surface area contributed by atoms with E-state index in [1.165, 1.54) is 17.2 Å². The summed E-state index contributed by atoms with van der Waals surface area (Å²) < 4.78 is 28.4. The molecule has 0 N–H and O–H groups in total. The van der Waals surface area contributed by atoms with Gasteiger partial charge in [-0.3, -0.25) is 5.01 Å². The van der Waals surface area contributed by atoms with Crippen LogP contribution in [0.4, 0.5) is 8.78 Å². The molecule has 2 unspecified atom stereocenters. The van der Waals surface area contributed by atoms with Crippen LogP contribution in [-0.4, -0.2) is 17.8 Å². The van der Waals surface area contributed by atoms with Crippen LogP contribution in [0.15, 0.2) is 65.3 Å². The molecule has 4 heteroatoms. The van der Waals surface area contributed by atoms with Crippen LogP contribution in [0.2, 0.25) is 0 Å². The molecule has 0 bridgehead atoms. The second kappa shape index (κ2) is 7.79. The maximum absolute atomic E-state index is 14.5. The van der Waals surface area contributed by atoms with Crippen LogP contribution in [0.25, 0.3) is 0 Å². The number of hydrogen-bond acceptors (Lipinski definition) is 2. The third-order valence-electron chi connectivity index (χ3n) is 6.00. The van der Waals surface area contributed by atoms with E-state index in [-0.39, 0.29) is 30.4 Å². The Kier molecular flexibility index (Phi) is 5.64. The summed E-state index contributed by atoms with van der Waals surface area (Å²) in [7, 11) is 1.95. The van der Waals surface area contributed by atoms with E-state index in [1.807, 2.05) is 30.3 Å². The van der Waals surface area contributed by atoms with Gasteiger partial charge in [-0.15, -0.1) is 6.58 Å². The zero-order chi connectivity index (χ0) is 19.6. The van der Waals surface area contributed by atoms with E-state index in [0.717, 1.165) is 12.8 Å². The number of hydrazone groups is 1. The largest absolute Gasteiger partial charge is 0.289 e. The standard InChI is InChI=1S/C23H28F2N2/c1-5-9-17(6-2)23(20-11-8-7-10-16(20)3)15-22(26-27(23)4)19-14-18(24)12-13-21(19)25/h5,7-8,10-11,14,17H,1,6,9,12-13,15H2,2-4H3. The van der Waals surface area contributed by atoms with Crippen molar-refractivity contribution >= 4 is 5.71 Å². The Morgan fingerprint density at radius 3 is 2.70 bits per heavy atom. The van der Waals surface area contributed by atoms with Gasteiger partial charge in [0, 0.05) is 31.9 Å². The van der Waals surface area contributed by atoms with Crippen molar-refractivity contribution < 1.29 is 8.78 Å². The van der Waals surface area contributed by atoms with Gasteiger partial charge in [0.2, 0.25) is 0 Å². The molecular weight excluding hydrogens is 342 g/mol. The molecule has 2 aliphatic rings. The number of rotatable bonds is 6. The molecule has 3 rings (SSSR count). The molecule has 0 radical (unpaired) electrons. The lowest BCUT2D eigenvalue weighted by molar-refractivity contribution is 0.0752. The zero-order valence-corrected chi connectivity index (χ0v) is 16.4. The Morgan fingerprint density at radius 1 is 1.30 bits per heavy atom. The second-order valence-corrected chi connectivity index (χ2v) is 7.53. The highest BCUT2D eigenvalue weighted by atomic mass is 19.1. The fraction of sp³-hybridized carbons (Fsp3) is 0.435. The van der Waals surface area contributed by atoms with Crippen molar-refractivity contribution in [1.29, 1.82) is 0 Å². The average Bonchev–Trinajstić information content (AvgIpc) is 3.00. The molecule has 1 aliphatic heterocycles. The van der Waals surface area contributed by atoms with Gasteiger partial charge in [0.1, 0.15) is 11.7 Å². The van der Waals surface area contributed by atoms with Gasteiger partial charge in [-0.25, -0.2) is 8.78 Å². The zero-order valence-electron chi connectivity index (χ0n) is 16.4. The summed E-state index contributed by atoms with van der Waals surface area (Å²) in [6.07, 6.45) is 5.86. The molecule has 144 valence electrons.